The van der Waals surface area contributed by atoms with Gasteiger partial charge < -0.3 is 10.1 Å². The van der Waals surface area contributed by atoms with Crippen molar-refractivity contribution in [3.63, 3.8) is 0 Å². The molecule has 0 saturated carbocycles. The molecule has 0 radical (unpaired) electrons. The number of nitrogens with one attached hydrogen (secondary N) is 2. The fraction of sp³-hybridized carbons (Fsp3) is 0.182. The van der Waals surface area contributed by atoms with Gasteiger partial charge in [-0.3, -0.25) is 5.32 Å². The molecule has 18 heavy (non-hydrogen) atoms. The van der Waals surface area contributed by atoms with Gasteiger partial charge in [0.05, 0.1) is 7.11 Å². The molecule has 2 amide bonds. The van der Waals surface area contributed by atoms with Gasteiger partial charge in [0.2, 0.25) is 5.82 Å². The summed E-state index contributed by atoms with van der Waals surface area (Å²) in [5, 5.41) is 12.3. The smallest absolute Gasteiger partial charge is 0.324 e. The quantitative estimate of drug-likeness (QED) is 0.867. The third-order valence-corrected chi connectivity index (χ3v) is 2.23. The standard InChI is InChI=1S/C11H12N4O3/c1-7-10(15-18-14-7)13-11(16)12-8-3-5-9(17-2)6-4-8/h3-6H,1-2H3,(H2,12,13,15,16). The topological polar surface area (TPSA) is 89.3 Å². The summed E-state index contributed by atoms with van der Waals surface area (Å²) in [4.78, 5) is 11.6. The van der Waals surface area contributed by atoms with E-state index in [0.717, 1.165) is 5.75 Å². The Hall–Kier alpha value is -2.57. The fourth-order valence-corrected chi connectivity index (χ4v) is 1.29. The van der Waals surface area contributed by atoms with Crippen LogP contribution in [-0.2, 0) is 0 Å². The highest BCUT2D eigenvalue weighted by molar-refractivity contribution is 5.99. The minimum Gasteiger partial charge on any atom is -0.497 e. The zero-order valence-electron chi connectivity index (χ0n) is 9.93. The second kappa shape index (κ2) is 5.17. The van der Waals surface area contributed by atoms with Gasteiger partial charge in [0.1, 0.15) is 11.4 Å². The van der Waals surface area contributed by atoms with Crippen LogP contribution in [0.1, 0.15) is 5.69 Å². The lowest BCUT2D eigenvalue weighted by Gasteiger charge is -2.06. The van der Waals surface area contributed by atoms with Gasteiger partial charge in [0.25, 0.3) is 0 Å². The number of ether oxygens (including phenoxy) is 1. The number of carbonyl (C=O) groups excluding carboxylic acids is 1. The molecule has 94 valence electrons. The number of aromatic nitrogens is 2. The van der Waals surface area contributed by atoms with Crippen LogP contribution in [-0.4, -0.2) is 23.5 Å². The van der Waals surface area contributed by atoms with E-state index in [-0.39, 0.29) is 0 Å². The molecule has 0 atom stereocenters. The molecule has 0 bridgehead atoms. The van der Waals surface area contributed by atoms with Gasteiger partial charge in [-0.1, -0.05) is 5.16 Å². The van der Waals surface area contributed by atoms with E-state index >= 15 is 0 Å². The van der Waals surface area contributed by atoms with Crippen molar-refractivity contribution < 1.29 is 14.2 Å². The molecule has 0 fully saturated rings. The number of hydrogen-bond acceptors (Lipinski definition) is 5. The van der Waals surface area contributed by atoms with Crippen LogP contribution in [0.15, 0.2) is 28.9 Å². The second-order valence-electron chi connectivity index (χ2n) is 3.51. The first-order chi connectivity index (χ1) is 8.69. The van der Waals surface area contributed by atoms with E-state index in [9.17, 15) is 4.79 Å². The maximum absolute atomic E-state index is 11.6. The summed E-state index contributed by atoms with van der Waals surface area (Å²) in [7, 11) is 1.58. The number of amides is 2. The predicted octanol–water partition coefficient (Wildman–Crippen LogP) is 2.03. The van der Waals surface area contributed by atoms with Gasteiger partial charge in [-0.2, -0.15) is 0 Å². The van der Waals surface area contributed by atoms with Crippen LogP contribution in [0, 0.1) is 6.92 Å². The van der Waals surface area contributed by atoms with Crippen LogP contribution in [0.4, 0.5) is 16.3 Å². The van der Waals surface area contributed by atoms with Crippen LogP contribution in [0.2, 0.25) is 0 Å². The van der Waals surface area contributed by atoms with Crippen molar-refractivity contribution in [3.05, 3.63) is 30.0 Å². The first-order valence-corrected chi connectivity index (χ1v) is 5.20. The molecule has 2 N–H and O–H groups in total. The van der Waals surface area contributed by atoms with Crippen LogP contribution in [0.5, 0.6) is 5.75 Å². The molecule has 1 heterocycles. The molecule has 0 saturated heterocycles. The zero-order chi connectivity index (χ0) is 13.0. The highest BCUT2D eigenvalue weighted by atomic mass is 16.6. The zero-order valence-corrected chi connectivity index (χ0v) is 9.93. The lowest BCUT2D eigenvalue weighted by Crippen LogP contribution is -2.20. The molecule has 7 heteroatoms. The third-order valence-electron chi connectivity index (χ3n) is 2.23. The number of rotatable bonds is 3. The van der Waals surface area contributed by atoms with Gasteiger partial charge >= 0.3 is 6.03 Å². The SMILES string of the molecule is COc1ccc(NC(=O)Nc2nonc2C)cc1. The maximum Gasteiger partial charge on any atom is 0.324 e. The number of carbonyl (C=O) groups is 1. The summed E-state index contributed by atoms with van der Waals surface area (Å²) in [5.41, 5.74) is 1.15. The largest absolute Gasteiger partial charge is 0.497 e. The molecule has 0 unspecified atom stereocenters. The van der Waals surface area contributed by atoms with E-state index in [4.69, 9.17) is 4.74 Å². The van der Waals surface area contributed by atoms with Gasteiger partial charge in [0, 0.05) is 5.69 Å². The lowest BCUT2D eigenvalue weighted by molar-refractivity contribution is 0.261. The average molecular weight is 248 g/mol. The summed E-state index contributed by atoms with van der Waals surface area (Å²) in [6.45, 7) is 1.68. The summed E-state index contributed by atoms with van der Waals surface area (Å²) in [5.74, 6) is 1.01. The summed E-state index contributed by atoms with van der Waals surface area (Å²) in [6.07, 6.45) is 0. The Morgan fingerprint density at radius 3 is 2.50 bits per heavy atom. The van der Waals surface area contributed by atoms with E-state index in [1.54, 1.807) is 38.3 Å². The molecular formula is C11H12N4O3. The molecule has 2 rings (SSSR count). The summed E-state index contributed by atoms with van der Waals surface area (Å²) >= 11 is 0. The van der Waals surface area contributed by atoms with Crippen molar-refractivity contribution in [2.45, 2.75) is 6.92 Å². The lowest BCUT2D eigenvalue weighted by atomic mass is 10.3. The van der Waals surface area contributed by atoms with Crippen LogP contribution in [0.25, 0.3) is 0 Å². The van der Waals surface area contributed by atoms with Crippen molar-refractivity contribution in [2.75, 3.05) is 17.7 Å². The first-order valence-electron chi connectivity index (χ1n) is 5.20. The van der Waals surface area contributed by atoms with Crippen molar-refractivity contribution in [3.8, 4) is 5.75 Å². The first kappa shape index (κ1) is 11.9. The van der Waals surface area contributed by atoms with E-state index in [1.807, 2.05) is 0 Å². The number of hydrogen-bond donors (Lipinski definition) is 2. The minimum absolute atomic E-state index is 0.293. The Bertz CT molecular complexity index is 535. The number of anilines is 2. The number of aryl methyl sites for hydroxylation is 1. The monoisotopic (exact) mass is 248 g/mol. The van der Waals surface area contributed by atoms with Gasteiger partial charge in [0.15, 0.2) is 0 Å². The molecule has 1 aromatic carbocycles. The summed E-state index contributed by atoms with van der Waals surface area (Å²) < 4.78 is 9.48. The maximum atomic E-state index is 11.6. The molecule has 2 aromatic rings. The number of benzene rings is 1. The highest BCUT2D eigenvalue weighted by Crippen LogP contribution is 2.15. The molecule has 0 spiro atoms. The third kappa shape index (κ3) is 2.76. The van der Waals surface area contributed by atoms with Crippen molar-refractivity contribution in [1.82, 2.24) is 10.3 Å². The molecule has 0 aliphatic carbocycles. The second-order valence-corrected chi connectivity index (χ2v) is 3.51. The number of urea groups is 1. The molecule has 7 nitrogen and oxygen atoms in total. The van der Waals surface area contributed by atoms with E-state index < -0.39 is 6.03 Å². The van der Waals surface area contributed by atoms with Crippen molar-refractivity contribution >= 4 is 17.5 Å². The summed E-state index contributed by atoms with van der Waals surface area (Å²) in [6, 6.07) is 6.54. The predicted molar refractivity (Wildman–Crippen MR) is 64.7 cm³/mol. The van der Waals surface area contributed by atoms with Gasteiger partial charge in [-0.15, -0.1) is 0 Å². The number of nitrogens with zero attached hydrogens (tertiary/aromatic N) is 2. The normalized spacial score (nSPS) is 9.89. The molecular weight excluding hydrogens is 236 g/mol. The highest BCUT2D eigenvalue weighted by Gasteiger charge is 2.09. The van der Waals surface area contributed by atoms with E-state index in [1.165, 1.54) is 0 Å². The van der Waals surface area contributed by atoms with Crippen LogP contribution >= 0.6 is 0 Å². The van der Waals surface area contributed by atoms with Crippen LogP contribution in [0.3, 0.4) is 0 Å². The Morgan fingerprint density at radius 1 is 1.22 bits per heavy atom. The van der Waals surface area contributed by atoms with Gasteiger partial charge in [-0.25, -0.2) is 9.42 Å². The van der Waals surface area contributed by atoms with Crippen molar-refractivity contribution in [2.24, 2.45) is 0 Å². The van der Waals surface area contributed by atoms with Crippen molar-refractivity contribution in [1.29, 1.82) is 0 Å². The van der Waals surface area contributed by atoms with E-state index in [2.05, 4.69) is 25.6 Å². The fourth-order valence-electron chi connectivity index (χ4n) is 1.29. The Balaban J connectivity index is 1.96. The van der Waals surface area contributed by atoms with Gasteiger partial charge in [-0.05, 0) is 36.3 Å². The number of methoxy groups -OCH3 is 1. The Morgan fingerprint density at radius 2 is 1.94 bits per heavy atom. The Kier molecular flexibility index (Phi) is 3.42. The Labute approximate surface area is 103 Å². The minimum atomic E-state index is -0.418. The molecule has 1 aromatic heterocycles. The van der Waals surface area contributed by atoms with E-state index in [0.29, 0.717) is 17.2 Å². The molecule has 0 aliphatic heterocycles. The average Bonchev–Trinajstić information content (AvgIpc) is 2.76. The van der Waals surface area contributed by atoms with Crippen LogP contribution < -0.4 is 15.4 Å². The molecule has 0 aliphatic rings.